The van der Waals surface area contributed by atoms with Crippen molar-refractivity contribution in [2.45, 2.75) is 52.4 Å². The quantitative estimate of drug-likeness (QED) is 0.843. The molecule has 1 aromatic carbocycles. The first kappa shape index (κ1) is 20.9. The third kappa shape index (κ3) is 6.69. The number of para-hydroxylation sites is 1. The van der Waals surface area contributed by atoms with Crippen LogP contribution in [0.2, 0.25) is 0 Å². The first-order chi connectivity index (χ1) is 12.7. The minimum absolute atomic E-state index is 0.0341. The van der Waals surface area contributed by atoms with E-state index in [9.17, 15) is 18.4 Å². The predicted octanol–water partition coefficient (Wildman–Crippen LogP) is 3.55. The average Bonchev–Trinajstić information content (AvgIpc) is 2.59. The summed E-state index contributed by atoms with van der Waals surface area (Å²) in [7, 11) is 0. The first-order valence-electron chi connectivity index (χ1n) is 8.94. The molecule has 1 aliphatic rings. The largest absolute Gasteiger partial charge is 0.444 e. The number of amides is 2. The highest BCUT2D eigenvalue weighted by molar-refractivity contribution is 5.80. The third-order valence-electron chi connectivity index (χ3n) is 4.09. The molecule has 1 aliphatic heterocycles. The van der Waals surface area contributed by atoms with E-state index in [-0.39, 0.29) is 30.7 Å². The molecule has 2 rings (SSSR count). The van der Waals surface area contributed by atoms with E-state index in [1.807, 2.05) is 0 Å². The van der Waals surface area contributed by atoms with Crippen LogP contribution in [0.1, 0.15) is 39.2 Å². The molecule has 1 aromatic rings. The number of halogens is 2. The summed E-state index contributed by atoms with van der Waals surface area (Å²) < 4.78 is 34.8. The Morgan fingerprint density at radius 2 is 2.00 bits per heavy atom. The molecule has 8 heteroatoms. The normalized spacial score (nSPS) is 17.6. The number of alkyl halides is 2. The van der Waals surface area contributed by atoms with Crippen LogP contribution in [0.3, 0.4) is 0 Å². The van der Waals surface area contributed by atoms with E-state index in [1.165, 1.54) is 11.0 Å². The fourth-order valence-corrected chi connectivity index (χ4v) is 2.87. The van der Waals surface area contributed by atoms with Crippen molar-refractivity contribution in [1.82, 2.24) is 10.2 Å². The van der Waals surface area contributed by atoms with E-state index >= 15 is 0 Å². The number of ether oxygens (including phenoxy) is 2. The van der Waals surface area contributed by atoms with Crippen molar-refractivity contribution in [3.8, 4) is 5.75 Å². The highest BCUT2D eigenvalue weighted by Crippen LogP contribution is 2.22. The van der Waals surface area contributed by atoms with Gasteiger partial charge in [0.1, 0.15) is 11.4 Å². The van der Waals surface area contributed by atoms with Gasteiger partial charge in [0.2, 0.25) is 5.91 Å². The topological polar surface area (TPSA) is 67.9 Å². The molecule has 1 fully saturated rings. The number of hydrogen-bond acceptors (Lipinski definition) is 4. The summed E-state index contributed by atoms with van der Waals surface area (Å²) in [6.07, 6.45) is 0.915. The van der Waals surface area contributed by atoms with Crippen LogP contribution in [0.4, 0.5) is 13.6 Å². The summed E-state index contributed by atoms with van der Waals surface area (Å²) in [6.45, 7) is 3.33. The highest BCUT2D eigenvalue weighted by atomic mass is 19.3. The van der Waals surface area contributed by atoms with Gasteiger partial charge in [-0.15, -0.1) is 0 Å². The fraction of sp³-hybridized carbons (Fsp3) is 0.579. The summed E-state index contributed by atoms with van der Waals surface area (Å²) in [5.41, 5.74) is -0.133. The molecule has 1 unspecified atom stereocenters. The highest BCUT2D eigenvalue weighted by Gasteiger charge is 2.31. The van der Waals surface area contributed by atoms with Crippen molar-refractivity contribution < 1.29 is 27.8 Å². The summed E-state index contributed by atoms with van der Waals surface area (Å²) >= 11 is 0. The maximum absolute atomic E-state index is 12.5. The monoisotopic (exact) mass is 384 g/mol. The number of carbonyl (C=O) groups is 2. The molecule has 1 N–H and O–H groups in total. The molecule has 6 nitrogen and oxygen atoms in total. The number of rotatable bonds is 5. The number of benzene rings is 1. The number of piperidine rings is 1. The van der Waals surface area contributed by atoms with Gasteiger partial charge in [0.05, 0.1) is 5.92 Å². The molecule has 0 saturated carbocycles. The second kappa shape index (κ2) is 9.01. The lowest BCUT2D eigenvalue weighted by molar-refractivity contribution is -0.126. The Bertz CT molecular complexity index is 661. The number of carbonyl (C=O) groups excluding carboxylic acids is 2. The van der Waals surface area contributed by atoms with Gasteiger partial charge < -0.3 is 19.7 Å². The number of hydrogen-bond donors (Lipinski definition) is 1. The molecule has 0 radical (unpaired) electrons. The molecule has 0 spiro atoms. The lowest BCUT2D eigenvalue weighted by atomic mass is 9.97. The van der Waals surface area contributed by atoms with E-state index in [2.05, 4.69) is 10.1 Å². The molecule has 0 aliphatic carbocycles. The molecule has 1 heterocycles. The van der Waals surface area contributed by atoms with Crippen molar-refractivity contribution in [1.29, 1.82) is 0 Å². The van der Waals surface area contributed by atoms with Gasteiger partial charge in [-0.1, -0.05) is 18.2 Å². The van der Waals surface area contributed by atoms with E-state index in [0.717, 1.165) is 0 Å². The lowest BCUT2D eigenvalue weighted by Gasteiger charge is -2.33. The van der Waals surface area contributed by atoms with Gasteiger partial charge in [0, 0.05) is 25.2 Å². The van der Waals surface area contributed by atoms with E-state index < -0.39 is 18.3 Å². The van der Waals surface area contributed by atoms with Crippen LogP contribution < -0.4 is 10.1 Å². The number of nitrogens with zero attached hydrogens (tertiary/aromatic N) is 1. The second-order valence-electron chi connectivity index (χ2n) is 7.47. The Kier molecular flexibility index (Phi) is 6.98. The van der Waals surface area contributed by atoms with E-state index in [4.69, 9.17) is 4.74 Å². The van der Waals surface area contributed by atoms with Gasteiger partial charge in [-0.3, -0.25) is 4.79 Å². The molecule has 2 amide bonds. The summed E-state index contributed by atoms with van der Waals surface area (Å²) in [4.78, 5) is 26.2. The van der Waals surface area contributed by atoms with Crippen LogP contribution in [-0.2, 0) is 16.1 Å². The van der Waals surface area contributed by atoms with Gasteiger partial charge in [0.15, 0.2) is 0 Å². The lowest BCUT2D eigenvalue weighted by Crippen LogP contribution is -2.46. The summed E-state index contributed by atoms with van der Waals surface area (Å²) in [5.74, 6) is -0.559. The Balaban J connectivity index is 1.92. The molecule has 150 valence electrons. The van der Waals surface area contributed by atoms with Gasteiger partial charge in [-0.25, -0.2) is 4.79 Å². The molecule has 1 atom stereocenters. The van der Waals surface area contributed by atoms with Crippen LogP contribution in [0.25, 0.3) is 0 Å². The molecule has 0 bridgehead atoms. The van der Waals surface area contributed by atoms with Crippen LogP contribution in [0.15, 0.2) is 24.3 Å². The van der Waals surface area contributed by atoms with Gasteiger partial charge in [-0.2, -0.15) is 8.78 Å². The van der Waals surface area contributed by atoms with Gasteiger partial charge in [-0.05, 0) is 39.7 Å². The van der Waals surface area contributed by atoms with E-state index in [1.54, 1.807) is 39.0 Å². The number of nitrogens with one attached hydrogen (secondary N) is 1. The number of likely N-dealkylation sites (tertiary alicyclic amines) is 1. The molecular formula is C19H26F2N2O4. The van der Waals surface area contributed by atoms with Crippen LogP contribution in [0.5, 0.6) is 5.75 Å². The zero-order chi connectivity index (χ0) is 20.0. The second-order valence-corrected chi connectivity index (χ2v) is 7.47. The average molecular weight is 384 g/mol. The smallest absolute Gasteiger partial charge is 0.410 e. The van der Waals surface area contributed by atoms with Crippen molar-refractivity contribution in [2.24, 2.45) is 5.92 Å². The zero-order valence-electron chi connectivity index (χ0n) is 15.8. The summed E-state index contributed by atoms with van der Waals surface area (Å²) in [5, 5.41) is 2.75. The minimum Gasteiger partial charge on any atom is -0.444 e. The van der Waals surface area contributed by atoms with Gasteiger partial charge in [0.25, 0.3) is 0 Å². The SMILES string of the molecule is CC(C)(C)OC(=O)N1CCCC(C(=O)NCc2ccccc2OC(F)F)C1. The predicted molar refractivity (Wildman–Crippen MR) is 95.5 cm³/mol. The molecule has 1 saturated heterocycles. The summed E-state index contributed by atoms with van der Waals surface area (Å²) in [6, 6.07) is 6.32. The third-order valence-corrected chi connectivity index (χ3v) is 4.09. The Hall–Kier alpha value is -2.38. The molecule has 0 aromatic heterocycles. The zero-order valence-corrected chi connectivity index (χ0v) is 15.8. The van der Waals surface area contributed by atoms with E-state index in [0.29, 0.717) is 24.9 Å². The standard InChI is InChI=1S/C19H26F2N2O4/c1-19(2,3)27-18(25)23-10-6-8-14(12-23)16(24)22-11-13-7-4-5-9-15(13)26-17(20)21/h4-5,7,9,14,17H,6,8,10-12H2,1-3H3,(H,22,24). The van der Waals surface area contributed by atoms with Crippen LogP contribution >= 0.6 is 0 Å². The minimum atomic E-state index is -2.93. The first-order valence-corrected chi connectivity index (χ1v) is 8.94. The molecule has 27 heavy (non-hydrogen) atoms. The van der Waals surface area contributed by atoms with Crippen molar-refractivity contribution in [3.05, 3.63) is 29.8 Å². The van der Waals surface area contributed by atoms with Crippen molar-refractivity contribution in [3.63, 3.8) is 0 Å². The van der Waals surface area contributed by atoms with Crippen LogP contribution in [0, 0.1) is 5.92 Å². The van der Waals surface area contributed by atoms with Crippen LogP contribution in [-0.4, -0.2) is 42.2 Å². The Morgan fingerprint density at radius 3 is 2.67 bits per heavy atom. The Labute approximate surface area is 157 Å². The Morgan fingerprint density at radius 1 is 1.30 bits per heavy atom. The van der Waals surface area contributed by atoms with Crippen molar-refractivity contribution >= 4 is 12.0 Å². The molecular weight excluding hydrogens is 358 g/mol. The maximum Gasteiger partial charge on any atom is 0.410 e. The van der Waals surface area contributed by atoms with Gasteiger partial charge >= 0.3 is 12.7 Å². The van der Waals surface area contributed by atoms with Crippen molar-refractivity contribution in [2.75, 3.05) is 13.1 Å². The maximum atomic E-state index is 12.5. The fourth-order valence-electron chi connectivity index (χ4n) is 2.87.